The first-order chi connectivity index (χ1) is 36.3. The lowest BCUT2D eigenvalue weighted by atomic mass is 9.32. The molecule has 2 aromatic heterocycles. The fourth-order valence-electron chi connectivity index (χ4n) is 13.7. The van der Waals surface area contributed by atoms with E-state index in [4.69, 9.17) is 0 Å². The molecule has 0 atom stereocenters. The van der Waals surface area contributed by atoms with Gasteiger partial charge in [0.15, 0.2) is 0 Å². The normalized spacial score (nSPS) is 13.9. The molecule has 7 heteroatoms. The summed E-state index contributed by atoms with van der Waals surface area (Å²) in [6.45, 7) is -0.0921. The number of nitrogens with zero attached hydrogens (tertiary/aromatic N) is 5. The van der Waals surface area contributed by atoms with Gasteiger partial charge >= 0.3 is 0 Å². The van der Waals surface area contributed by atoms with Gasteiger partial charge in [-0.05, 0) is 136 Å². The summed E-state index contributed by atoms with van der Waals surface area (Å²) in [6.07, 6.45) is 0. The number of aromatic nitrogens is 1. The molecule has 0 bridgehead atoms. The molecule has 0 radical (unpaired) electrons. The second-order valence-corrected chi connectivity index (χ2v) is 19.9. The third-order valence-electron chi connectivity index (χ3n) is 16.4. The van der Waals surface area contributed by atoms with Crippen molar-refractivity contribution in [3.05, 3.63) is 249 Å². The van der Waals surface area contributed by atoms with E-state index in [9.17, 15) is 0 Å². The van der Waals surface area contributed by atoms with Crippen molar-refractivity contribution < 1.29 is 0 Å². The van der Waals surface area contributed by atoms with Crippen molar-refractivity contribution in [1.82, 2.24) is 4.40 Å². The van der Waals surface area contributed by atoms with Gasteiger partial charge in [0.2, 0.25) is 0 Å². The molecule has 17 rings (SSSR count). The molecular weight excluding hydrogens is 884 g/mol. The van der Waals surface area contributed by atoms with E-state index in [0.29, 0.717) is 0 Å². The average molecular weight is 926 g/mol. The Labute approximate surface area is 423 Å². The van der Waals surface area contributed by atoms with Gasteiger partial charge in [-0.2, -0.15) is 0 Å². The SMILES string of the molecule is c1ccc(N2c3ccccc3B3c4cc5c6c7c(cc8c9ccccc9n(c5cc4N(c4ccccc4)c4cccc2c43)c86)N(c2ccccc2)c2cccc3c2B7c2ccccc2N3c2ccccc2)cc1. The van der Waals surface area contributed by atoms with Crippen molar-refractivity contribution in [2.75, 3.05) is 19.6 Å². The highest BCUT2D eigenvalue weighted by Gasteiger charge is 2.47. The number of rotatable bonds is 4. The second-order valence-electron chi connectivity index (χ2n) is 19.9. The highest BCUT2D eigenvalue weighted by molar-refractivity contribution is 7.02. The summed E-state index contributed by atoms with van der Waals surface area (Å²) in [4.78, 5) is 10.1. The van der Waals surface area contributed by atoms with Crippen LogP contribution in [-0.2, 0) is 0 Å². The van der Waals surface area contributed by atoms with Crippen molar-refractivity contribution in [2.45, 2.75) is 0 Å². The Morgan fingerprint density at radius 1 is 0.247 bits per heavy atom. The van der Waals surface area contributed by atoms with E-state index in [0.717, 1.165) is 22.7 Å². The Morgan fingerprint density at radius 3 is 1.22 bits per heavy atom. The van der Waals surface area contributed by atoms with Crippen LogP contribution in [0.1, 0.15) is 0 Å². The molecule has 0 unspecified atom stereocenters. The maximum absolute atomic E-state index is 2.62. The van der Waals surface area contributed by atoms with Crippen LogP contribution in [0.15, 0.2) is 249 Å². The summed E-state index contributed by atoms with van der Waals surface area (Å²) in [6, 6.07) is 92.8. The van der Waals surface area contributed by atoms with Gasteiger partial charge in [-0.25, -0.2) is 0 Å². The predicted octanol–water partition coefficient (Wildman–Crippen LogP) is 13.0. The molecule has 11 aromatic carbocycles. The molecule has 0 fully saturated rings. The zero-order chi connectivity index (χ0) is 47.5. The van der Waals surface area contributed by atoms with Crippen molar-refractivity contribution in [3.8, 4) is 0 Å². The fourth-order valence-corrected chi connectivity index (χ4v) is 13.7. The van der Waals surface area contributed by atoms with Crippen LogP contribution in [-0.4, -0.2) is 17.8 Å². The molecule has 336 valence electrons. The largest absolute Gasteiger partial charge is 0.311 e. The summed E-state index contributed by atoms with van der Waals surface area (Å²) in [5.74, 6) is 0. The van der Waals surface area contributed by atoms with Crippen LogP contribution in [0.4, 0.5) is 68.2 Å². The number of fused-ring (bicyclic) bond motifs is 15. The van der Waals surface area contributed by atoms with Gasteiger partial charge in [0.05, 0.1) is 16.6 Å². The number of anilines is 12. The first-order valence-corrected chi connectivity index (χ1v) is 25.4. The highest BCUT2D eigenvalue weighted by Crippen LogP contribution is 2.50. The first kappa shape index (κ1) is 39.3. The van der Waals surface area contributed by atoms with Gasteiger partial charge < -0.3 is 24.0 Å². The molecule has 0 spiro atoms. The van der Waals surface area contributed by atoms with Crippen molar-refractivity contribution in [1.29, 1.82) is 0 Å². The van der Waals surface area contributed by atoms with Crippen molar-refractivity contribution in [2.24, 2.45) is 0 Å². The smallest absolute Gasteiger partial charge is 0.253 e. The first-order valence-electron chi connectivity index (χ1n) is 25.4. The van der Waals surface area contributed by atoms with Gasteiger partial charge in [0.1, 0.15) is 0 Å². The Morgan fingerprint density at radius 2 is 0.671 bits per heavy atom. The maximum atomic E-state index is 2.62. The molecule has 73 heavy (non-hydrogen) atoms. The molecule has 4 aliphatic heterocycles. The molecular formula is C66H41B2N5. The van der Waals surface area contributed by atoms with Crippen LogP contribution in [0, 0.1) is 0 Å². The van der Waals surface area contributed by atoms with Gasteiger partial charge in [-0.3, -0.25) is 0 Å². The van der Waals surface area contributed by atoms with Gasteiger partial charge in [-0.1, -0.05) is 146 Å². The minimum Gasteiger partial charge on any atom is -0.311 e. The van der Waals surface area contributed by atoms with E-state index in [2.05, 4.69) is 273 Å². The van der Waals surface area contributed by atoms with E-state index >= 15 is 0 Å². The van der Waals surface area contributed by atoms with E-state index < -0.39 is 0 Å². The van der Waals surface area contributed by atoms with Crippen LogP contribution >= 0.6 is 0 Å². The molecule has 0 N–H and O–H groups in total. The third-order valence-corrected chi connectivity index (χ3v) is 16.4. The van der Waals surface area contributed by atoms with E-state index in [1.165, 1.54) is 116 Å². The van der Waals surface area contributed by atoms with E-state index in [1.807, 2.05) is 0 Å². The van der Waals surface area contributed by atoms with E-state index in [-0.39, 0.29) is 13.4 Å². The second kappa shape index (κ2) is 14.6. The fraction of sp³-hybridized carbons (Fsp3) is 0. The Balaban J connectivity index is 1.04. The van der Waals surface area contributed by atoms with Crippen LogP contribution in [0.25, 0.3) is 38.1 Å². The highest BCUT2D eigenvalue weighted by atomic mass is 15.2. The monoisotopic (exact) mass is 925 g/mol. The lowest BCUT2D eigenvalue weighted by Crippen LogP contribution is -2.61. The summed E-state index contributed by atoms with van der Waals surface area (Å²) < 4.78 is 2.61. The standard InChI is InChI=1S/C66H41B2N5/c1-5-21-42(22-6-1)69-53-33-17-14-30-49(53)67-51-39-48-59(41-60(51)71(44-25-9-3-10-26-44)56-36-19-35-55(69)63(56)67)73-52-32-16-13-29-46(52)47-40-61-65(62(48)66(47)73)68-50-31-15-18-34-54(50)70(43-23-7-2-8-24-43)57-37-20-38-58(64(57)68)72(61)45-27-11-4-12-28-45/h1-41H. The number of hydrogen-bond donors (Lipinski definition) is 0. The Bertz CT molecular complexity index is 4430. The minimum atomic E-state index is -0.0619. The molecule has 4 aliphatic rings. The van der Waals surface area contributed by atoms with Crippen LogP contribution in [0.5, 0.6) is 0 Å². The molecule has 0 amide bonds. The predicted molar refractivity (Wildman–Crippen MR) is 309 cm³/mol. The summed E-state index contributed by atoms with van der Waals surface area (Å²) in [5.41, 5.74) is 25.9. The summed E-state index contributed by atoms with van der Waals surface area (Å²) in [7, 11) is 0. The third kappa shape index (κ3) is 5.12. The molecule has 6 heterocycles. The van der Waals surface area contributed by atoms with Crippen molar-refractivity contribution >= 4 is 153 Å². The number of para-hydroxylation sites is 7. The average Bonchev–Trinajstić information content (AvgIpc) is 4.01. The summed E-state index contributed by atoms with van der Waals surface area (Å²) in [5, 5.41) is 5.11. The van der Waals surface area contributed by atoms with Crippen LogP contribution < -0.4 is 52.4 Å². The molecule has 13 aromatic rings. The topological polar surface area (TPSA) is 17.4 Å². The number of benzene rings is 11. The minimum absolute atomic E-state index is 0.0302. The van der Waals surface area contributed by atoms with E-state index in [1.54, 1.807) is 0 Å². The maximum Gasteiger partial charge on any atom is 0.253 e. The van der Waals surface area contributed by atoms with Crippen LogP contribution in [0.3, 0.4) is 0 Å². The lowest BCUT2D eigenvalue weighted by molar-refractivity contribution is 1.25. The molecule has 0 aliphatic carbocycles. The quantitative estimate of drug-likeness (QED) is 0.164. The Hall–Kier alpha value is -9.45. The zero-order valence-electron chi connectivity index (χ0n) is 39.6. The molecule has 0 saturated heterocycles. The molecule has 5 nitrogen and oxygen atoms in total. The Kier molecular flexibility index (Phi) is 7.84. The lowest BCUT2D eigenvalue weighted by Gasteiger charge is -2.44. The molecule has 0 saturated carbocycles. The number of hydrogen-bond acceptors (Lipinski definition) is 4. The van der Waals surface area contributed by atoms with Gasteiger partial charge in [-0.15, -0.1) is 0 Å². The zero-order valence-corrected chi connectivity index (χ0v) is 39.6. The van der Waals surface area contributed by atoms with Gasteiger partial charge in [0, 0.05) is 89.8 Å². The van der Waals surface area contributed by atoms with Crippen molar-refractivity contribution in [3.63, 3.8) is 0 Å². The van der Waals surface area contributed by atoms with Crippen LogP contribution in [0.2, 0.25) is 0 Å². The van der Waals surface area contributed by atoms with Gasteiger partial charge in [0.25, 0.3) is 13.4 Å². The summed E-state index contributed by atoms with van der Waals surface area (Å²) >= 11 is 0.